The molecule has 1 aliphatic carbocycles. The van der Waals surface area contributed by atoms with Crippen molar-refractivity contribution in [2.45, 2.75) is 24.7 Å². The van der Waals surface area contributed by atoms with E-state index in [1.807, 2.05) is 0 Å². The Morgan fingerprint density at radius 2 is 2.14 bits per heavy atom. The topological polar surface area (TPSA) is 133 Å². The summed E-state index contributed by atoms with van der Waals surface area (Å²) in [7, 11) is 3.15. The van der Waals surface area contributed by atoms with E-state index in [-0.39, 0.29) is 35.5 Å². The maximum absolute atomic E-state index is 10.9. The Hall–Kier alpha value is -2.64. The number of aliphatic hydroxyl groups is 3. The molecule has 0 amide bonds. The lowest BCUT2D eigenvalue weighted by Gasteiger charge is -2.30. The van der Waals surface area contributed by atoms with Gasteiger partial charge in [0, 0.05) is 37.4 Å². The van der Waals surface area contributed by atoms with Crippen molar-refractivity contribution in [2.24, 2.45) is 5.92 Å². The fourth-order valence-corrected chi connectivity index (χ4v) is 3.31. The molecule has 154 valence electrons. The smallest absolute Gasteiger partial charge is 0.225 e. The molecule has 1 fully saturated rings. The molecule has 2 aromatic heterocycles. The van der Waals surface area contributed by atoms with Crippen molar-refractivity contribution in [2.75, 3.05) is 31.4 Å². The summed E-state index contributed by atoms with van der Waals surface area (Å²) >= 11 is 6.30. The molecule has 3 unspecified atom stereocenters. The quantitative estimate of drug-likeness (QED) is 0.271. The van der Waals surface area contributed by atoms with Gasteiger partial charge in [0.2, 0.25) is 11.8 Å². The van der Waals surface area contributed by atoms with E-state index in [1.54, 1.807) is 25.4 Å². The van der Waals surface area contributed by atoms with Crippen LogP contribution in [0.15, 0.2) is 18.3 Å². The van der Waals surface area contributed by atoms with E-state index in [1.165, 1.54) is 7.11 Å². The van der Waals surface area contributed by atoms with Gasteiger partial charge in [0.25, 0.3) is 0 Å². The molecule has 0 saturated heterocycles. The van der Waals surface area contributed by atoms with Crippen LogP contribution in [0.2, 0.25) is 5.15 Å². The first-order chi connectivity index (χ1) is 13.9. The Balaban J connectivity index is 1.96. The first-order valence-electron chi connectivity index (χ1n) is 8.97. The van der Waals surface area contributed by atoms with Crippen molar-refractivity contribution in [3.63, 3.8) is 0 Å². The molecule has 9 nitrogen and oxygen atoms in total. The molecular formula is C19H22ClN5O4. The van der Waals surface area contributed by atoms with Gasteiger partial charge in [-0.05, 0) is 18.9 Å². The number of rotatable bonds is 5. The Bertz CT molecular complexity index is 931. The second kappa shape index (κ2) is 8.80. The van der Waals surface area contributed by atoms with Gasteiger partial charge in [-0.15, -0.1) is 0 Å². The molecule has 2 aromatic rings. The van der Waals surface area contributed by atoms with Gasteiger partial charge in [-0.2, -0.15) is 9.97 Å². The van der Waals surface area contributed by atoms with Crippen molar-refractivity contribution in [3.8, 4) is 17.7 Å². The molecule has 1 saturated carbocycles. The van der Waals surface area contributed by atoms with Crippen LogP contribution in [0.4, 0.5) is 11.8 Å². The fraction of sp³-hybridized carbons (Fsp3) is 0.421. The van der Waals surface area contributed by atoms with Crippen LogP contribution in [-0.4, -0.2) is 62.9 Å². The summed E-state index contributed by atoms with van der Waals surface area (Å²) in [5, 5.41) is 36.3. The van der Waals surface area contributed by atoms with E-state index < -0.39 is 17.7 Å². The minimum Gasteiger partial charge on any atom is -0.481 e. The standard InChI is InChI=1S/C19H22ClN5O4/c1-21-18-23-16(20)13(5-3-11-4-6-14(29-2)22-9-11)17(24-18)25-19(28)8-7-12(10-26)15(19)27/h4,6,9,12,15,26-28H,7-8,10H2,1-2H3,(H2,21,23,24,25). The molecule has 3 rings (SSSR count). The molecule has 1 aliphatic rings. The number of aliphatic hydroxyl groups excluding tert-OH is 2. The first kappa shape index (κ1) is 21.1. The predicted octanol–water partition coefficient (Wildman–Crippen LogP) is 0.839. The molecular weight excluding hydrogens is 398 g/mol. The zero-order valence-electron chi connectivity index (χ0n) is 16.0. The molecule has 0 spiro atoms. The van der Waals surface area contributed by atoms with Crippen LogP contribution < -0.4 is 15.4 Å². The lowest BCUT2D eigenvalue weighted by atomic mass is 10.0. The van der Waals surface area contributed by atoms with Crippen molar-refractivity contribution >= 4 is 23.4 Å². The third-order valence-electron chi connectivity index (χ3n) is 4.77. The van der Waals surface area contributed by atoms with Gasteiger partial charge < -0.3 is 30.7 Å². The first-order valence-corrected chi connectivity index (χ1v) is 9.35. The van der Waals surface area contributed by atoms with Crippen molar-refractivity contribution in [3.05, 3.63) is 34.6 Å². The number of hydrogen-bond donors (Lipinski definition) is 5. The van der Waals surface area contributed by atoms with Crippen LogP contribution in [0, 0.1) is 17.8 Å². The van der Waals surface area contributed by atoms with Crippen LogP contribution in [0.1, 0.15) is 24.0 Å². The number of hydrogen-bond acceptors (Lipinski definition) is 9. The maximum atomic E-state index is 10.9. The van der Waals surface area contributed by atoms with Crippen LogP contribution in [0.25, 0.3) is 0 Å². The van der Waals surface area contributed by atoms with Crippen molar-refractivity contribution in [1.82, 2.24) is 15.0 Å². The zero-order chi connectivity index (χ0) is 21.0. The molecule has 5 N–H and O–H groups in total. The maximum Gasteiger partial charge on any atom is 0.225 e. The number of aromatic nitrogens is 3. The van der Waals surface area contributed by atoms with E-state index in [0.29, 0.717) is 17.9 Å². The highest BCUT2D eigenvalue weighted by molar-refractivity contribution is 6.31. The molecule has 0 radical (unpaired) electrons. The average Bonchev–Trinajstić information content (AvgIpc) is 3.01. The number of halogens is 1. The van der Waals surface area contributed by atoms with E-state index >= 15 is 0 Å². The lowest BCUT2D eigenvalue weighted by Crippen LogP contribution is -2.48. The van der Waals surface area contributed by atoms with Crippen LogP contribution >= 0.6 is 11.6 Å². The summed E-state index contributed by atoms with van der Waals surface area (Å²) < 4.78 is 5.02. The van der Waals surface area contributed by atoms with Crippen LogP contribution in [-0.2, 0) is 0 Å². The Morgan fingerprint density at radius 3 is 2.72 bits per heavy atom. The second-order valence-electron chi connectivity index (χ2n) is 6.63. The summed E-state index contributed by atoms with van der Waals surface area (Å²) in [6, 6.07) is 3.42. The van der Waals surface area contributed by atoms with Crippen LogP contribution in [0.5, 0.6) is 5.88 Å². The van der Waals surface area contributed by atoms with Gasteiger partial charge in [-0.1, -0.05) is 23.4 Å². The van der Waals surface area contributed by atoms with E-state index in [2.05, 4.69) is 37.4 Å². The summed E-state index contributed by atoms with van der Waals surface area (Å²) in [4.78, 5) is 12.5. The monoisotopic (exact) mass is 419 g/mol. The average molecular weight is 420 g/mol. The highest BCUT2D eigenvalue weighted by atomic mass is 35.5. The summed E-state index contributed by atoms with van der Waals surface area (Å²) in [6.07, 6.45) is 1.06. The van der Waals surface area contributed by atoms with Gasteiger partial charge in [-0.3, -0.25) is 0 Å². The fourth-order valence-electron chi connectivity index (χ4n) is 3.09. The van der Waals surface area contributed by atoms with E-state index in [0.717, 1.165) is 0 Å². The Kier molecular flexibility index (Phi) is 6.39. The van der Waals surface area contributed by atoms with Gasteiger partial charge in [0.05, 0.1) is 7.11 Å². The van der Waals surface area contributed by atoms with Gasteiger partial charge in [-0.25, -0.2) is 4.98 Å². The minimum atomic E-state index is -1.67. The molecule has 2 heterocycles. The molecule has 3 atom stereocenters. The highest BCUT2D eigenvalue weighted by Crippen LogP contribution is 2.36. The van der Waals surface area contributed by atoms with Crippen molar-refractivity contribution < 1.29 is 20.1 Å². The molecule has 0 aliphatic heterocycles. The molecule has 0 bridgehead atoms. The zero-order valence-corrected chi connectivity index (χ0v) is 16.7. The number of ether oxygens (including phenoxy) is 1. The third kappa shape index (κ3) is 4.52. The normalized spacial score (nSPS) is 23.2. The number of anilines is 2. The molecule has 10 heteroatoms. The van der Waals surface area contributed by atoms with Gasteiger partial charge in [0.15, 0.2) is 16.7 Å². The van der Waals surface area contributed by atoms with E-state index in [9.17, 15) is 15.3 Å². The van der Waals surface area contributed by atoms with Crippen molar-refractivity contribution in [1.29, 1.82) is 0 Å². The molecule has 0 aromatic carbocycles. The van der Waals surface area contributed by atoms with Gasteiger partial charge in [0.1, 0.15) is 11.7 Å². The second-order valence-corrected chi connectivity index (χ2v) is 6.98. The Morgan fingerprint density at radius 1 is 1.34 bits per heavy atom. The predicted molar refractivity (Wildman–Crippen MR) is 108 cm³/mol. The number of pyridine rings is 1. The lowest BCUT2D eigenvalue weighted by molar-refractivity contribution is -0.0545. The number of nitrogens with one attached hydrogen (secondary N) is 2. The SMILES string of the molecule is CNc1nc(Cl)c(C#Cc2ccc(OC)nc2)c(NC2(O)CCC(CO)C2O)n1. The summed E-state index contributed by atoms with van der Waals surface area (Å²) in [6.45, 7) is -0.228. The largest absolute Gasteiger partial charge is 0.481 e. The highest BCUT2D eigenvalue weighted by Gasteiger charge is 2.47. The summed E-state index contributed by atoms with van der Waals surface area (Å²) in [5.74, 6) is 6.25. The molecule has 29 heavy (non-hydrogen) atoms. The minimum absolute atomic E-state index is 0.0793. The number of nitrogens with zero attached hydrogens (tertiary/aromatic N) is 3. The third-order valence-corrected chi connectivity index (χ3v) is 5.04. The summed E-state index contributed by atoms with van der Waals surface area (Å²) in [5.41, 5.74) is -0.797. The van der Waals surface area contributed by atoms with E-state index in [4.69, 9.17) is 16.3 Å². The van der Waals surface area contributed by atoms with Crippen LogP contribution in [0.3, 0.4) is 0 Å². The van der Waals surface area contributed by atoms with Gasteiger partial charge >= 0.3 is 0 Å². The Labute approximate surface area is 173 Å². The number of methoxy groups -OCH3 is 1.